The summed E-state index contributed by atoms with van der Waals surface area (Å²) >= 11 is 1.58. The van der Waals surface area contributed by atoms with Crippen molar-refractivity contribution in [3.05, 3.63) is 41.0 Å². The van der Waals surface area contributed by atoms with Gasteiger partial charge in [0, 0.05) is 18.4 Å². The van der Waals surface area contributed by atoms with Gasteiger partial charge < -0.3 is 25.8 Å². The van der Waals surface area contributed by atoms with Gasteiger partial charge in [0.2, 0.25) is 5.91 Å². The molecule has 4 rings (SSSR count). The zero-order valence-corrected chi connectivity index (χ0v) is 21.2. The lowest BCUT2D eigenvalue weighted by atomic mass is 9.88. The molecule has 2 heterocycles. The van der Waals surface area contributed by atoms with Crippen LogP contribution >= 0.6 is 11.3 Å². The number of ether oxygens (including phenoxy) is 1. The average Bonchev–Trinajstić information content (AvgIpc) is 3.36. The van der Waals surface area contributed by atoms with Gasteiger partial charge in [-0.3, -0.25) is 9.59 Å². The number of nitrogens with one attached hydrogen (secondary N) is 1. The number of carbonyl (C=O) groups excluding carboxylic acids is 3. The second-order valence-corrected chi connectivity index (χ2v) is 11.3. The van der Waals surface area contributed by atoms with Crippen LogP contribution in [0.5, 0.6) is 0 Å². The first-order valence-electron chi connectivity index (χ1n) is 11.7. The van der Waals surface area contributed by atoms with Gasteiger partial charge in [0.05, 0.1) is 27.6 Å². The zero-order chi connectivity index (χ0) is 25.5. The fourth-order valence-corrected chi connectivity index (χ4v) is 5.45. The minimum absolute atomic E-state index is 0.0361. The third kappa shape index (κ3) is 5.04. The molecule has 3 amide bonds. The van der Waals surface area contributed by atoms with E-state index in [1.165, 1.54) is 4.90 Å². The van der Waals surface area contributed by atoms with Crippen molar-refractivity contribution in [1.29, 1.82) is 0 Å². The number of likely N-dealkylation sites (tertiary alicyclic amines) is 1. The summed E-state index contributed by atoms with van der Waals surface area (Å²) in [6, 6.07) is 7.97. The number of carbonyl (C=O) groups is 3. The molecule has 2 aliphatic rings. The smallest absolute Gasteiger partial charge is 0.405 e. The second kappa shape index (κ2) is 9.23. The molecule has 2 aromatic rings. The maximum absolute atomic E-state index is 13.4. The topological polar surface area (TPSA) is 135 Å². The van der Waals surface area contributed by atoms with Crippen molar-refractivity contribution in [1.82, 2.24) is 15.2 Å². The van der Waals surface area contributed by atoms with Gasteiger partial charge in [0.1, 0.15) is 6.17 Å². The Labute approximate surface area is 208 Å². The first kappa shape index (κ1) is 25.1. The molecule has 10 heteroatoms. The SMILES string of the molecule is Cc1ncsc1-c1ccc(C2(C(=O)N[C@@H]3C[C@@H](O)CN3C(=O)[C@@H](OC(N)=O)C(C)(C)C)CC2)cc1. The summed E-state index contributed by atoms with van der Waals surface area (Å²) < 4.78 is 5.13. The molecule has 0 unspecified atom stereocenters. The number of aliphatic hydroxyl groups excluding tert-OH is 1. The fourth-order valence-electron chi connectivity index (χ4n) is 4.64. The van der Waals surface area contributed by atoms with Gasteiger partial charge in [-0.2, -0.15) is 0 Å². The molecule has 0 bridgehead atoms. The van der Waals surface area contributed by atoms with Crippen LogP contribution in [0.4, 0.5) is 4.79 Å². The minimum atomic E-state index is -1.14. The van der Waals surface area contributed by atoms with E-state index in [9.17, 15) is 19.5 Å². The number of nitrogens with two attached hydrogens (primary N) is 1. The first-order chi connectivity index (χ1) is 16.4. The number of aliphatic hydroxyl groups is 1. The Morgan fingerprint density at radius 1 is 1.26 bits per heavy atom. The molecule has 0 spiro atoms. The van der Waals surface area contributed by atoms with Gasteiger partial charge in [0.15, 0.2) is 6.10 Å². The molecule has 1 aromatic heterocycles. The molecule has 1 aromatic carbocycles. The Hall–Kier alpha value is -2.98. The van der Waals surface area contributed by atoms with Gasteiger partial charge >= 0.3 is 6.09 Å². The Bertz CT molecular complexity index is 1120. The van der Waals surface area contributed by atoms with Crippen molar-refractivity contribution in [3.63, 3.8) is 0 Å². The van der Waals surface area contributed by atoms with Crippen molar-refractivity contribution >= 4 is 29.2 Å². The normalized spacial score (nSPS) is 21.9. The molecule has 1 aliphatic carbocycles. The Kier molecular flexibility index (Phi) is 6.63. The third-order valence-corrected chi connectivity index (χ3v) is 7.71. The van der Waals surface area contributed by atoms with Crippen molar-refractivity contribution in [2.75, 3.05) is 6.54 Å². The highest BCUT2D eigenvalue weighted by molar-refractivity contribution is 7.13. The quantitative estimate of drug-likeness (QED) is 0.558. The summed E-state index contributed by atoms with van der Waals surface area (Å²) in [4.78, 5) is 44.9. The molecule has 188 valence electrons. The van der Waals surface area contributed by atoms with Crippen LogP contribution in [0.1, 0.15) is 51.3 Å². The number of primary amides is 1. The van der Waals surface area contributed by atoms with Crippen LogP contribution < -0.4 is 11.1 Å². The van der Waals surface area contributed by atoms with E-state index < -0.39 is 41.2 Å². The van der Waals surface area contributed by atoms with Crippen LogP contribution in [0.15, 0.2) is 29.8 Å². The van der Waals surface area contributed by atoms with E-state index in [1.54, 1.807) is 32.1 Å². The highest BCUT2D eigenvalue weighted by atomic mass is 32.1. The number of aryl methyl sites for hydroxylation is 1. The van der Waals surface area contributed by atoms with Crippen LogP contribution in [0.3, 0.4) is 0 Å². The molecule has 4 N–H and O–H groups in total. The number of thiazole rings is 1. The van der Waals surface area contributed by atoms with Crippen LogP contribution in [-0.2, 0) is 19.7 Å². The molecule has 35 heavy (non-hydrogen) atoms. The lowest BCUT2D eigenvalue weighted by molar-refractivity contribution is -0.148. The summed E-state index contributed by atoms with van der Waals surface area (Å²) in [5.41, 5.74) is 8.59. The Balaban J connectivity index is 1.50. The van der Waals surface area contributed by atoms with E-state index in [0.717, 1.165) is 21.7 Å². The van der Waals surface area contributed by atoms with Crippen LogP contribution in [0.25, 0.3) is 10.4 Å². The molecule has 0 radical (unpaired) electrons. The summed E-state index contributed by atoms with van der Waals surface area (Å²) in [5, 5.41) is 13.3. The van der Waals surface area contributed by atoms with Crippen LogP contribution in [0, 0.1) is 12.3 Å². The Morgan fingerprint density at radius 2 is 1.91 bits per heavy atom. The standard InChI is InChI=1S/C25H32N4O5S/c1-14-19(35-13-27-14)15-5-7-16(8-6-15)25(9-10-25)22(32)28-18-11-17(30)12-29(18)21(31)20(24(2,3)4)34-23(26)33/h5-8,13,17-18,20,30H,9-12H2,1-4H3,(H2,26,33)(H,28,32)/t17-,18+,20-/m1/s1. The van der Waals surface area contributed by atoms with E-state index in [2.05, 4.69) is 10.3 Å². The molecular weight excluding hydrogens is 468 g/mol. The van der Waals surface area contributed by atoms with E-state index in [-0.39, 0.29) is 18.9 Å². The van der Waals surface area contributed by atoms with E-state index in [0.29, 0.717) is 12.8 Å². The van der Waals surface area contributed by atoms with Crippen LogP contribution in [0.2, 0.25) is 0 Å². The maximum Gasteiger partial charge on any atom is 0.405 e. The lowest BCUT2D eigenvalue weighted by Gasteiger charge is -2.34. The molecule has 3 atom stereocenters. The van der Waals surface area contributed by atoms with Gasteiger partial charge in [-0.15, -0.1) is 11.3 Å². The number of β-amino-alcohol motifs (C(OH)–C–C–N with tert-alkyl or cyclic N) is 1. The predicted octanol–water partition coefficient (Wildman–Crippen LogP) is 2.70. The average molecular weight is 501 g/mol. The predicted molar refractivity (Wildman–Crippen MR) is 131 cm³/mol. The summed E-state index contributed by atoms with van der Waals surface area (Å²) in [6.07, 6.45) is -2.08. The first-order valence-corrected chi connectivity index (χ1v) is 12.6. The van der Waals surface area contributed by atoms with Crippen LogP contribution in [-0.4, -0.2) is 57.8 Å². The number of rotatable bonds is 6. The van der Waals surface area contributed by atoms with Crippen molar-refractivity contribution < 1.29 is 24.2 Å². The number of hydrogen-bond donors (Lipinski definition) is 3. The van der Waals surface area contributed by atoms with E-state index in [1.807, 2.05) is 36.7 Å². The maximum atomic E-state index is 13.4. The molecule has 1 saturated heterocycles. The molecule has 1 saturated carbocycles. The third-order valence-electron chi connectivity index (χ3n) is 6.73. The molecule has 9 nitrogen and oxygen atoms in total. The fraction of sp³-hybridized carbons (Fsp3) is 0.520. The minimum Gasteiger partial charge on any atom is -0.436 e. The highest BCUT2D eigenvalue weighted by Crippen LogP contribution is 2.49. The van der Waals surface area contributed by atoms with Gasteiger partial charge in [-0.05, 0) is 30.9 Å². The van der Waals surface area contributed by atoms with E-state index in [4.69, 9.17) is 10.5 Å². The van der Waals surface area contributed by atoms with Crippen molar-refractivity contribution in [2.24, 2.45) is 11.1 Å². The second-order valence-electron chi connectivity index (χ2n) is 10.5. The Morgan fingerprint density at radius 3 is 2.43 bits per heavy atom. The van der Waals surface area contributed by atoms with Gasteiger partial charge in [0.25, 0.3) is 5.91 Å². The summed E-state index contributed by atoms with van der Waals surface area (Å²) in [5.74, 6) is -0.675. The number of hydrogen-bond acceptors (Lipinski definition) is 7. The number of nitrogens with zero attached hydrogens (tertiary/aromatic N) is 2. The van der Waals surface area contributed by atoms with E-state index >= 15 is 0 Å². The van der Waals surface area contributed by atoms with Crippen molar-refractivity contribution in [2.45, 2.75) is 70.7 Å². The van der Waals surface area contributed by atoms with Crippen molar-refractivity contribution in [3.8, 4) is 10.4 Å². The number of aromatic nitrogens is 1. The summed E-state index contributed by atoms with van der Waals surface area (Å²) in [6.45, 7) is 7.28. The van der Waals surface area contributed by atoms with Gasteiger partial charge in [-0.25, -0.2) is 9.78 Å². The highest BCUT2D eigenvalue weighted by Gasteiger charge is 2.53. The largest absolute Gasteiger partial charge is 0.436 e. The zero-order valence-electron chi connectivity index (χ0n) is 20.4. The molecular formula is C25H32N4O5S. The number of amides is 3. The molecule has 1 aliphatic heterocycles. The monoisotopic (exact) mass is 500 g/mol. The van der Waals surface area contributed by atoms with Gasteiger partial charge in [-0.1, -0.05) is 45.0 Å². The lowest BCUT2D eigenvalue weighted by Crippen LogP contribution is -2.55. The summed E-state index contributed by atoms with van der Waals surface area (Å²) in [7, 11) is 0. The molecule has 2 fully saturated rings. The number of benzene rings is 1.